The van der Waals surface area contributed by atoms with Gasteiger partial charge in [-0.2, -0.15) is 0 Å². The normalized spacial score (nSPS) is 11.5. The van der Waals surface area contributed by atoms with Crippen molar-refractivity contribution in [3.63, 3.8) is 0 Å². The number of hydrogen-bond donors (Lipinski definition) is 0. The van der Waals surface area contributed by atoms with Crippen molar-refractivity contribution in [2.45, 2.75) is 39.5 Å². The summed E-state index contributed by atoms with van der Waals surface area (Å²) in [6.07, 6.45) is 3.98. The second-order valence-electron chi connectivity index (χ2n) is 6.73. The molecule has 0 bridgehead atoms. The lowest BCUT2D eigenvalue weighted by molar-refractivity contribution is 0.806. The molecule has 0 saturated carbocycles. The molecule has 0 amide bonds. The van der Waals surface area contributed by atoms with Crippen molar-refractivity contribution in [2.75, 3.05) is 0 Å². The molecule has 0 aliphatic rings. The fourth-order valence-corrected chi connectivity index (χ4v) is 3.66. The Bertz CT molecular complexity index is 820. The van der Waals surface area contributed by atoms with Gasteiger partial charge in [-0.1, -0.05) is 58.0 Å². The van der Waals surface area contributed by atoms with Gasteiger partial charge in [0.2, 0.25) is 0 Å². The van der Waals surface area contributed by atoms with E-state index in [1.165, 1.54) is 20.4 Å². The zero-order chi connectivity index (χ0) is 17.3. The molecule has 0 aliphatic heterocycles. The minimum Gasteiger partial charge on any atom is -0.299 e. The van der Waals surface area contributed by atoms with Crippen LogP contribution in [0.1, 0.15) is 50.7 Å². The zero-order valence-corrected chi connectivity index (χ0v) is 16.8. The minimum atomic E-state index is 0.463. The van der Waals surface area contributed by atoms with Gasteiger partial charge in [-0.15, -0.1) is 0 Å². The molecule has 124 valence electrons. The second kappa shape index (κ2) is 7.09. The van der Waals surface area contributed by atoms with Gasteiger partial charge in [0.1, 0.15) is 5.82 Å². The Kier molecular flexibility index (Phi) is 5.09. The number of halogens is 1. The zero-order valence-electron chi connectivity index (χ0n) is 14.6. The van der Waals surface area contributed by atoms with E-state index in [4.69, 9.17) is 0 Å². The van der Waals surface area contributed by atoms with E-state index in [1.807, 2.05) is 6.20 Å². The second-order valence-corrected chi connectivity index (χ2v) is 7.97. The molecule has 0 unspecified atom stereocenters. The van der Waals surface area contributed by atoms with Crippen LogP contribution in [0.3, 0.4) is 0 Å². The van der Waals surface area contributed by atoms with E-state index in [0.717, 1.165) is 11.4 Å². The average Bonchev–Trinajstić information content (AvgIpc) is 3.03. The highest BCUT2D eigenvalue weighted by Gasteiger charge is 2.18. The van der Waals surface area contributed by atoms with E-state index >= 15 is 0 Å². The lowest BCUT2D eigenvalue weighted by Gasteiger charge is -2.21. The van der Waals surface area contributed by atoms with E-state index in [9.17, 15) is 0 Å². The van der Waals surface area contributed by atoms with Crippen molar-refractivity contribution < 1.29 is 0 Å². The van der Waals surface area contributed by atoms with Crippen LogP contribution < -0.4 is 0 Å². The number of hydrogen-bond acceptors (Lipinski definition) is 1. The van der Waals surface area contributed by atoms with E-state index < -0.39 is 0 Å². The molecule has 3 aromatic rings. The standard InChI is InChI=1S/C21H23IN2/c1-14(2)18-9-6-10-19(15(3)4)20(18)24-12-11-23-21(24)16-7-5-8-17(22)13-16/h5-15H,1-4H3. The average molecular weight is 430 g/mol. The monoisotopic (exact) mass is 430 g/mol. The Morgan fingerprint density at radius 3 is 2.12 bits per heavy atom. The summed E-state index contributed by atoms with van der Waals surface area (Å²) in [6.45, 7) is 9.02. The fourth-order valence-electron chi connectivity index (χ4n) is 3.11. The van der Waals surface area contributed by atoms with Crippen LogP contribution in [0, 0.1) is 3.57 Å². The van der Waals surface area contributed by atoms with Gasteiger partial charge in [-0.25, -0.2) is 4.98 Å². The summed E-state index contributed by atoms with van der Waals surface area (Å²) >= 11 is 2.35. The lowest BCUT2D eigenvalue weighted by Crippen LogP contribution is -2.07. The Labute approximate surface area is 158 Å². The topological polar surface area (TPSA) is 17.8 Å². The molecule has 24 heavy (non-hydrogen) atoms. The van der Waals surface area contributed by atoms with Crippen molar-refractivity contribution in [1.82, 2.24) is 9.55 Å². The van der Waals surface area contributed by atoms with Gasteiger partial charge in [-0.3, -0.25) is 4.57 Å². The van der Waals surface area contributed by atoms with Crippen molar-refractivity contribution >= 4 is 22.6 Å². The highest BCUT2D eigenvalue weighted by molar-refractivity contribution is 14.1. The summed E-state index contributed by atoms with van der Waals surface area (Å²) in [5.74, 6) is 1.93. The smallest absolute Gasteiger partial charge is 0.144 e. The van der Waals surface area contributed by atoms with Crippen molar-refractivity contribution in [3.05, 3.63) is 69.6 Å². The molecule has 1 aromatic heterocycles. The number of aromatic nitrogens is 2. The molecular weight excluding hydrogens is 407 g/mol. The summed E-state index contributed by atoms with van der Waals surface area (Å²) in [5, 5.41) is 0. The molecule has 0 saturated heterocycles. The number of nitrogens with zero attached hydrogens (tertiary/aromatic N) is 2. The molecule has 0 N–H and O–H groups in total. The SMILES string of the molecule is CC(C)c1cccc(C(C)C)c1-n1ccnc1-c1cccc(I)c1. The predicted molar refractivity (Wildman–Crippen MR) is 110 cm³/mol. The molecule has 3 rings (SSSR count). The van der Waals surface area contributed by atoms with Crippen LogP contribution in [0.4, 0.5) is 0 Å². The molecule has 2 aromatic carbocycles. The molecule has 2 nitrogen and oxygen atoms in total. The maximum atomic E-state index is 4.66. The lowest BCUT2D eigenvalue weighted by atomic mass is 9.92. The summed E-state index contributed by atoms with van der Waals surface area (Å²) in [6, 6.07) is 15.2. The number of rotatable bonds is 4. The Morgan fingerprint density at radius 1 is 0.917 bits per heavy atom. The van der Waals surface area contributed by atoms with E-state index in [1.54, 1.807) is 0 Å². The van der Waals surface area contributed by atoms with E-state index in [0.29, 0.717) is 11.8 Å². The Balaban J connectivity index is 2.26. The molecule has 0 spiro atoms. The maximum Gasteiger partial charge on any atom is 0.144 e. The molecule has 3 heteroatoms. The number of imidazole rings is 1. The van der Waals surface area contributed by atoms with Gasteiger partial charge in [0.25, 0.3) is 0 Å². The summed E-state index contributed by atoms with van der Waals surface area (Å²) < 4.78 is 3.48. The van der Waals surface area contributed by atoms with Crippen LogP contribution in [-0.2, 0) is 0 Å². The molecule has 0 atom stereocenters. The fraction of sp³-hybridized carbons (Fsp3) is 0.286. The molecule has 1 heterocycles. The third kappa shape index (κ3) is 3.27. The number of benzene rings is 2. The van der Waals surface area contributed by atoms with Crippen molar-refractivity contribution in [1.29, 1.82) is 0 Å². The van der Waals surface area contributed by atoms with Crippen LogP contribution in [0.25, 0.3) is 17.1 Å². The first-order valence-electron chi connectivity index (χ1n) is 8.41. The summed E-state index contributed by atoms with van der Waals surface area (Å²) in [4.78, 5) is 4.66. The Morgan fingerprint density at radius 2 is 1.54 bits per heavy atom. The van der Waals surface area contributed by atoms with Gasteiger partial charge in [0.05, 0.1) is 5.69 Å². The molecular formula is C21H23IN2. The van der Waals surface area contributed by atoms with Gasteiger partial charge in [-0.05, 0) is 57.7 Å². The largest absolute Gasteiger partial charge is 0.299 e. The minimum absolute atomic E-state index is 0.463. The van der Waals surface area contributed by atoms with Crippen LogP contribution in [-0.4, -0.2) is 9.55 Å². The van der Waals surface area contributed by atoms with Gasteiger partial charge in [0.15, 0.2) is 0 Å². The highest BCUT2D eigenvalue weighted by atomic mass is 127. The van der Waals surface area contributed by atoms with Gasteiger partial charge < -0.3 is 0 Å². The summed E-state index contributed by atoms with van der Waals surface area (Å²) in [7, 11) is 0. The third-order valence-electron chi connectivity index (χ3n) is 4.31. The highest BCUT2D eigenvalue weighted by Crippen LogP contribution is 2.33. The first kappa shape index (κ1) is 17.2. The summed E-state index contributed by atoms with van der Waals surface area (Å²) in [5.41, 5.74) is 5.17. The quantitative estimate of drug-likeness (QED) is 0.439. The molecule has 0 radical (unpaired) electrons. The van der Waals surface area contributed by atoms with Crippen LogP contribution in [0.2, 0.25) is 0 Å². The predicted octanol–water partition coefficient (Wildman–Crippen LogP) is 6.39. The van der Waals surface area contributed by atoms with Crippen LogP contribution in [0.15, 0.2) is 54.9 Å². The first-order chi connectivity index (χ1) is 11.5. The third-order valence-corrected chi connectivity index (χ3v) is 4.98. The van der Waals surface area contributed by atoms with Gasteiger partial charge >= 0.3 is 0 Å². The van der Waals surface area contributed by atoms with E-state index in [2.05, 4.69) is 108 Å². The maximum absolute atomic E-state index is 4.66. The first-order valence-corrected chi connectivity index (χ1v) is 9.49. The van der Waals surface area contributed by atoms with Crippen LogP contribution in [0.5, 0.6) is 0 Å². The molecule has 0 aliphatic carbocycles. The number of para-hydroxylation sites is 1. The van der Waals surface area contributed by atoms with Crippen molar-refractivity contribution in [2.24, 2.45) is 0 Å². The van der Waals surface area contributed by atoms with Gasteiger partial charge in [0, 0.05) is 21.5 Å². The van der Waals surface area contributed by atoms with Crippen molar-refractivity contribution in [3.8, 4) is 17.1 Å². The van der Waals surface area contributed by atoms with E-state index in [-0.39, 0.29) is 0 Å². The van der Waals surface area contributed by atoms with Crippen LogP contribution >= 0.6 is 22.6 Å². The Hall–Kier alpha value is -1.62. The molecule has 0 fully saturated rings.